The molecular weight excluding hydrogens is 796 g/mol. The summed E-state index contributed by atoms with van der Waals surface area (Å²) in [6.45, 7) is 17.8. The van der Waals surface area contributed by atoms with E-state index in [0.29, 0.717) is 11.5 Å². The second-order valence-corrected chi connectivity index (χ2v) is 15.0. The zero-order valence-corrected chi connectivity index (χ0v) is 32.4. The van der Waals surface area contributed by atoms with Gasteiger partial charge in [0.15, 0.2) is 0 Å². The summed E-state index contributed by atoms with van der Waals surface area (Å²) < 4.78 is 10.8. The fraction of sp³-hybridized carbons (Fsp3) is 0.273. The van der Waals surface area contributed by atoms with Gasteiger partial charge in [-0.15, -0.1) is 35.7 Å². The van der Waals surface area contributed by atoms with Gasteiger partial charge < -0.3 is 9.30 Å². The summed E-state index contributed by atoms with van der Waals surface area (Å²) in [5.41, 5.74) is 9.90. The number of ether oxygens (including phenoxy) is 1. The van der Waals surface area contributed by atoms with E-state index in [2.05, 4.69) is 144 Å². The Hall–Kier alpha value is -4.47. The molecular formula is C44H44N4OPt. The standard InChI is InChI=1S/C44H44N4O.Pt/c1-9-13-37-41(30-18-20-31(21-19-30)43(3,4)5)42(44(6,7)8)48(46-37)32-14-12-15-33(27-32)49-34-22-23-36-35-16-10-11-17-38(35)47(39(36)28-34)40-26-29(2)24-25-45-40;/h10-12,14-26H,9,13H2,1-8H3;/q-2;+2. The zero-order valence-electron chi connectivity index (χ0n) is 30.2. The van der Waals surface area contributed by atoms with E-state index < -0.39 is 0 Å². The number of pyridine rings is 1. The van der Waals surface area contributed by atoms with Crippen LogP contribution in [0.2, 0.25) is 0 Å². The summed E-state index contributed by atoms with van der Waals surface area (Å²) in [6, 6.07) is 38.8. The van der Waals surface area contributed by atoms with Crippen LogP contribution >= 0.6 is 0 Å². The predicted octanol–water partition coefficient (Wildman–Crippen LogP) is 11.3. The first kappa shape index (κ1) is 35.4. The van der Waals surface area contributed by atoms with Gasteiger partial charge in [-0.25, -0.2) is 4.98 Å². The predicted molar refractivity (Wildman–Crippen MR) is 201 cm³/mol. The second-order valence-electron chi connectivity index (χ2n) is 15.0. The number of rotatable bonds is 7. The van der Waals surface area contributed by atoms with E-state index in [0.717, 1.165) is 63.1 Å². The van der Waals surface area contributed by atoms with Crippen LogP contribution in [0.1, 0.15) is 77.4 Å². The van der Waals surface area contributed by atoms with Crippen LogP contribution in [-0.2, 0) is 38.3 Å². The normalized spacial score (nSPS) is 12.0. The Morgan fingerprint density at radius 2 is 1.50 bits per heavy atom. The smallest absolute Gasteiger partial charge is 0.509 e. The molecule has 7 aromatic rings. The molecule has 0 aliphatic heterocycles. The van der Waals surface area contributed by atoms with E-state index in [1.54, 1.807) is 0 Å². The maximum Gasteiger partial charge on any atom is 2.00 e. The van der Waals surface area contributed by atoms with Crippen LogP contribution in [0.25, 0.3) is 44.4 Å². The van der Waals surface area contributed by atoms with Crippen molar-refractivity contribution in [2.75, 3.05) is 0 Å². The van der Waals surface area contributed by atoms with Gasteiger partial charge in [0.25, 0.3) is 0 Å². The molecule has 0 radical (unpaired) electrons. The molecule has 50 heavy (non-hydrogen) atoms. The second kappa shape index (κ2) is 13.7. The number of fused-ring (bicyclic) bond motifs is 3. The van der Waals surface area contributed by atoms with Crippen LogP contribution in [0.5, 0.6) is 11.5 Å². The molecule has 0 fully saturated rings. The Balaban J connectivity index is 0.00000432. The van der Waals surface area contributed by atoms with Crippen LogP contribution in [0.3, 0.4) is 0 Å². The maximum atomic E-state index is 6.51. The van der Waals surface area contributed by atoms with Crippen molar-refractivity contribution >= 4 is 21.8 Å². The van der Waals surface area contributed by atoms with Crippen molar-refractivity contribution in [1.29, 1.82) is 0 Å². The number of aryl methyl sites for hydroxylation is 2. The average Bonchev–Trinajstić information content (AvgIpc) is 3.61. The van der Waals surface area contributed by atoms with Crippen molar-refractivity contribution in [3.63, 3.8) is 0 Å². The van der Waals surface area contributed by atoms with Crippen LogP contribution < -0.4 is 4.74 Å². The molecule has 7 rings (SSSR count). The van der Waals surface area contributed by atoms with Gasteiger partial charge in [-0.2, -0.15) is 17.2 Å². The van der Waals surface area contributed by atoms with Crippen molar-refractivity contribution in [3.8, 4) is 34.1 Å². The Labute approximate surface area is 310 Å². The van der Waals surface area contributed by atoms with Gasteiger partial charge in [-0.1, -0.05) is 103 Å². The fourth-order valence-electron chi connectivity index (χ4n) is 6.73. The van der Waals surface area contributed by atoms with Crippen LogP contribution in [0, 0.1) is 19.1 Å². The van der Waals surface area contributed by atoms with Gasteiger partial charge >= 0.3 is 21.1 Å². The summed E-state index contributed by atoms with van der Waals surface area (Å²) in [6.07, 6.45) is 3.75. The van der Waals surface area contributed by atoms with Gasteiger partial charge in [-0.05, 0) is 64.7 Å². The minimum Gasteiger partial charge on any atom is -0.509 e. The molecule has 4 aromatic carbocycles. The minimum absolute atomic E-state index is 0. The molecule has 6 heteroatoms. The molecule has 0 aliphatic carbocycles. The largest absolute Gasteiger partial charge is 2.00 e. The van der Waals surface area contributed by atoms with E-state index in [1.165, 1.54) is 16.7 Å². The molecule has 0 amide bonds. The van der Waals surface area contributed by atoms with Crippen LogP contribution in [0.15, 0.2) is 97.2 Å². The molecule has 0 unspecified atom stereocenters. The van der Waals surface area contributed by atoms with E-state index in [1.807, 2.05) is 30.5 Å². The van der Waals surface area contributed by atoms with Crippen molar-refractivity contribution < 1.29 is 25.8 Å². The van der Waals surface area contributed by atoms with Crippen LogP contribution in [-0.4, -0.2) is 19.3 Å². The first-order valence-electron chi connectivity index (χ1n) is 17.2. The summed E-state index contributed by atoms with van der Waals surface area (Å²) in [5, 5.41) is 7.51. The quantitative estimate of drug-likeness (QED) is 0.150. The Kier molecular flexibility index (Phi) is 9.67. The summed E-state index contributed by atoms with van der Waals surface area (Å²) >= 11 is 0. The molecule has 5 nitrogen and oxygen atoms in total. The van der Waals surface area contributed by atoms with Gasteiger partial charge in [0.05, 0.1) is 11.4 Å². The molecule has 0 saturated carbocycles. The number of hydrogen-bond donors (Lipinski definition) is 0. The average molecular weight is 840 g/mol. The van der Waals surface area contributed by atoms with E-state index >= 15 is 0 Å². The Morgan fingerprint density at radius 1 is 0.760 bits per heavy atom. The molecule has 0 bridgehead atoms. The minimum atomic E-state index is -0.183. The van der Waals surface area contributed by atoms with Crippen LogP contribution in [0.4, 0.5) is 0 Å². The molecule has 3 heterocycles. The SMILES string of the molecule is CCCc1nn(-c2[c-]c(Oc3[c-]c4c(cc3)c3ccccc3n4-c3cc(C)ccn3)ccc2)c(C(C)(C)C)c1-c1ccc(C(C)(C)C)cc1.[Pt+2]. The number of nitrogens with zero attached hydrogens (tertiary/aromatic N) is 4. The number of benzene rings is 4. The molecule has 3 aromatic heterocycles. The first-order chi connectivity index (χ1) is 23.4. The topological polar surface area (TPSA) is 44.9 Å². The molecule has 256 valence electrons. The van der Waals surface area contributed by atoms with E-state index in [4.69, 9.17) is 14.8 Å². The molecule has 0 aliphatic rings. The van der Waals surface area contributed by atoms with E-state index in [9.17, 15) is 0 Å². The summed E-state index contributed by atoms with van der Waals surface area (Å²) in [4.78, 5) is 4.71. The Bertz CT molecular complexity index is 2300. The third kappa shape index (κ3) is 6.68. The molecule has 0 spiro atoms. The van der Waals surface area contributed by atoms with E-state index in [-0.39, 0.29) is 31.9 Å². The molecule has 0 N–H and O–H groups in total. The van der Waals surface area contributed by atoms with Gasteiger partial charge in [-0.3, -0.25) is 4.68 Å². The third-order valence-electron chi connectivity index (χ3n) is 9.08. The summed E-state index contributed by atoms with van der Waals surface area (Å²) in [7, 11) is 0. The van der Waals surface area contributed by atoms with Crippen molar-refractivity contribution in [2.45, 2.75) is 79.1 Å². The fourth-order valence-corrected chi connectivity index (χ4v) is 6.73. The molecule has 0 atom stereocenters. The van der Waals surface area contributed by atoms with Crippen molar-refractivity contribution in [2.24, 2.45) is 0 Å². The number of para-hydroxylation sites is 1. The number of aromatic nitrogens is 4. The monoisotopic (exact) mass is 839 g/mol. The Morgan fingerprint density at radius 3 is 2.20 bits per heavy atom. The zero-order chi connectivity index (χ0) is 34.5. The summed E-state index contributed by atoms with van der Waals surface area (Å²) in [5.74, 6) is 2.07. The van der Waals surface area contributed by atoms with Gasteiger partial charge in [0, 0.05) is 34.2 Å². The number of hydrogen-bond acceptors (Lipinski definition) is 3. The maximum absolute atomic E-state index is 6.51. The van der Waals surface area contributed by atoms with Crippen molar-refractivity contribution in [1.82, 2.24) is 19.3 Å². The third-order valence-corrected chi connectivity index (χ3v) is 9.08. The van der Waals surface area contributed by atoms with Crippen molar-refractivity contribution in [3.05, 3.63) is 132 Å². The first-order valence-corrected chi connectivity index (χ1v) is 17.2. The van der Waals surface area contributed by atoms with Gasteiger partial charge in [0.1, 0.15) is 5.82 Å². The van der Waals surface area contributed by atoms with Gasteiger partial charge in [0.2, 0.25) is 0 Å². The molecule has 0 saturated heterocycles.